The van der Waals surface area contributed by atoms with Crippen LogP contribution in [0, 0.1) is 29.4 Å². The first-order valence-corrected chi connectivity index (χ1v) is 15.6. The lowest BCUT2D eigenvalue weighted by atomic mass is 10.1. The summed E-state index contributed by atoms with van der Waals surface area (Å²) in [5, 5.41) is 16.1. The second-order valence-corrected chi connectivity index (χ2v) is 14.0. The molecule has 1 heterocycles. The Balaban J connectivity index is 1.86. The third-order valence-corrected chi connectivity index (χ3v) is 9.12. The number of aromatic nitrogens is 1. The van der Waals surface area contributed by atoms with E-state index in [1.807, 2.05) is 13.8 Å². The first kappa shape index (κ1) is 33.5. The molecule has 2 aromatic rings. The summed E-state index contributed by atoms with van der Waals surface area (Å²) in [5.74, 6) is -0.824. The lowest BCUT2D eigenvalue weighted by molar-refractivity contribution is -0.000642. The summed E-state index contributed by atoms with van der Waals surface area (Å²) in [4.78, 5) is 18.0. The highest BCUT2D eigenvalue weighted by atomic mass is 32.2. The highest BCUT2D eigenvalue weighted by Crippen LogP contribution is 2.37. The van der Waals surface area contributed by atoms with Gasteiger partial charge in [0.25, 0.3) is 5.91 Å². The van der Waals surface area contributed by atoms with E-state index in [4.69, 9.17) is 9.47 Å². The van der Waals surface area contributed by atoms with Crippen LogP contribution >= 0.6 is 0 Å². The van der Waals surface area contributed by atoms with E-state index >= 15 is 0 Å². The van der Waals surface area contributed by atoms with Gasteiger partial charge in [0, 0.05) is 44.0 Å². The minimum atomic E-state index is -3.74. The molecule has 3 N–H and O–H groups in total. The fraction of sp³-hybridized carbons (Fsp3) is 0.586. The number of hydrogen-bond acceptors (Lipinski definition) is 8. The Morgan fingerprint density at radius 2 is 1.74 bits per heavy atom. The van der Waals surface area contributed by atoms with Crippen molar-refractivity contribution in [1.29, 1.82) is 0 Å². The highest BCUT2D eigenvalue weighted by Gasteiger charge is 2.32. The molecule has 1 aliphatic rings. The van der Waals surface area contributed by atoms with Crippen LogP contribution in [0.5, 0.6) is 5.75 Å². The summed E-state index contributed by atoms with van der Waals surface area (Å²) in [5.41, 5.74) is 0.0919. The van der Waals surface area contributed by atoms with Crippen LogP contribution in [0.1, 0.15) is 51.4 Å². The van der Waals surface area contributed by atoms with E-state index in [2.05, 4.69) is 22.5 Å². The van der Waals surface area contributed by atoms with Crippen molar-refractivity contribution in [2.24, 2.45) is 17.8 Å². The van der Waals surface area contributed by atoms with Crippen LogP contribution in [0.3, 0.4) is 0 Å². The zero-order valence-electron chi connectivity index (χ0n) is 24.9. The van der Waals surface area contributed by atoms with Crippen LogP contribution < -0.4 is 19.7 Å². The van der Waals surface area contributed by atoms with Gasteiger partial charge in [-0.05, 0) is 50.2 Å². The van der Waals surface area contributed by atoms with Crippen molar-refractivity contribution >= 4 is 27.6 Å². The van der Waals surface area contributed by atoms with Gasteiger partial charge >= 0.3 is 0 Å². The number of hydrogen-bond donors (Lipinski definition) is 3. The SMILES string of the molecule is CC(C)COCC(O)C(COc1cc(F)cc(F)c1)NC(=O)c1cc(NCC2CC2C)nc(N(C)S(=O)(=O)C(C)C)c1. The third-order valence-electron chi connectivity index (χ3n) is 6.98. The molecular formula is C29H42F2N4O6S. The second kappa shape index (κ2) is 14.4. The van der Waals surface area contributed by atoms with E-state index in [1.54, 1.807) is 13.8 Å². The second-order valence-electron chi connectivity index (χ2n) is 11.5. The number of benzene rings is 1. The summed E-state index contributed by atoms with van der Waals surface area (Å²) >= 11 is 0. The topological polar surface area (TPSA) is 130 Å². The van der Waals surface area contributed by atoms with Crippen LogP contribution in [-0.4, -0.2) is 75.2 Å². The number of aliphatic hydroxyl groups is 1. The molecule has 1 aliphatic carbocycles. The van der Waals surface area contributed by atoms with E-state index < -0.39 is 45.0 Å². The van der Waals surface area contributed by atoms with Gasteiger partial charge in [-0.1, -0.05) is 20.8 Å². The van der Waals surface area contributed by atoms with Crippen LogP contribution in [-0.2, 0) is 14.8 Å². The first-order valence-electron chi connectivity index (χ1n) is 14.1. The number of carbonyl (C=O) groups is 1. The summed E-state index contributed by atoms with van der Waals surface area (Å²) < 4.78 is 65.2. The van der Waals surface area contributed by atoms with Gasteiger partial charge in [0.2, 0.25) is 10.0 Å². The number of amides is 1. The monoisotopic (exact) mass is 612 g/mol. The van der Waals surface area contributed by atoms with E-state index in [1.165, 1.54) is 19.2 Å². The molecule has 1 aromatic heterocycles. The molecule has 3 rings (SSSR count). The molecule has 0 bridgehead atoms. The molecule has 1 aromatic carbocycles. The maximum absolute atomic E-state index is 13.7. The molecule has 4 unspecified atom stereocenters. The number of aliphatic hydroxyl groups excluding tert-OH is 1. The smallest absolute Gasteiger partial charge is 0.251 e. The number of nitrogens with zero attached hydrogens (tertiary/aromatic N) is 2. The quantitative estimate of drug-likeness (QED) is 0.261. The van der Waals surface area contributed by atoms with Crippen LogP contribution in [0.15, 0.2) is 30.3 Å². The summed E-state index contributed by atoms with van der Waals surface area (Å²) in [7, 11) is -2.37. The number of anilines is 2. The number of sulfonamides is 1. The Morgan fingerprint density at radius 1 is 1.10 bits per heavy atom. The van der Waals surface area contributed by atoms with Gasteiger partial charge < -0.3 is 25.2 Å². The van der Waals surface area contributed by atoms with Gasteiger partial charge in [-0.15, -0.1) is 0 Å². The number of pyridine rings is 1. The largest absolute Gasteiger partial charge is 0.491 e. The van der Waals surface area contributed by atoms with E-state index in [0.29, 0.717) is 36.9 Å². The van der Waals surface area contributed by atoms with Crippen molar-refractivity contribution in [2.75, 3.05) is 43.0 Å². The van der Waals surface area contributed by atoms with E-state index in [9.17, 15) is 27.1 Å². The average Bonchev–Trinajstić information content (AvgIpc) is 3.62. The van der Waals surface area contributed by atoms with Crippen molar-refractivity contribution < 1.29 is 36.6 Å². The molecule has 42 heavy (non-hydrogen) atoms. The summed E-state index contributed by atoms with van der Waals surface area (Å²) in [6.07, 6.45) is -0.166. The fourth-order valence-corrected chi connectivity index (χ4v) is 5.09. The minimum absolute atomic E-state index is 0.0477. The van der Waals surface area contributed by atoms with Gasteiger partial charge in [-0.3, -0.25) is 9.10 Å². The van der Waals surface area contributed by atoms with Gasteiger partial charge in [-0.2, -0.15) is 0 Å². The van der Waals surface area contributed by atoms with Crippen molar-refractivity contribution in [2.45, 2.75) is 58.4 Å². The Labute approximate surface area is 246 Å². The number of halogens is 2. The number of rotatable bonds is 16. The molecule has 1 saturated carbocycles. The predicted octanol–water partition coefficient (Wildman–Crippen LogP) is 3.81. The van der Waals surface area contributed by atoms with Gasteiger partial charge in [0.1, 0.15) is 41.7 Å². The molecule has 0 spiro atoms. The van der Waals surface area contributed by atoms with Crippen LogP contribution in [0.2, 0.25) is 0 Å². The summed E-state index contributed by atoms with van der Waals surface area (Å²) in [6.45, 7) is 9.65. The van der Waals surface area contributed by atoms with Crippen molar-refractivity contribution in [1.82, 2.24) is 10.3 Å². The van der Waals surface area contributed by atoms with Crippen LogP contribution in [0.25, 0.3) is 0 Å². The molecule has 4 atom stereocenters. The Morgan fingerprint density at radius 3 is 2.31 bits per heavy atom. The lowest BCUT2D eigenvalue weighted by Crippen LogP contribution is -2.49. The average molecular weight is 613 g/mol. The fourth-order valence-electron chi connectivity index (χ4n) is 4.10. The number of ether oxygens (including phenoxy) is 2. The number of carbonyl (C=O) groups excluding carboxylic acids is 1. The minimum Gasteiger partial charge on any atom is -0.491 e. The molecule has 13 heteroatoms. The molecule has 0 radical (unpaired) electrons. The normalized spacial score (nSPS) is 18.1. The van der Waals surface area contributed by atoms with E-state index in [0.717, 1.165) is 22.9 Å². The maximum Gasteiger partial charge on any atom is 0.251 e. The number of nitrogens with one attached hydrogen (secondary N) is 2. The first-order chi connectivity index (χ1) is 19.7. The predicted molar refractivity (Wildman–Crippen MR) is 157 cm³/mol. The molecule has 1 fully saturated rings. The van der Waals surface area contributed by atoms with Gasteiger partial charge in [-0.25, -0.2) is 22.2 Å². The molecule has 0 aliphatic heterocycles. The molecule has 10 nitrogen and oxygen atoms in total. The lowest BCUT2D eigenvalue weighted by Gasteiger charge is -2.25. The standard InChI is InChI=1S/C29H42F2N4O6S/c1-17(2)14-40-16-26(36)25(15-41-24-11-22(30)10-23(31)12-24)33-29(37)20-8-27(32-13-21-7-19(21)5)34-28(9-20)35(6)42(38,39)18(3)4/h8-12,17-19,21,25-26,36H,7,13-16H2,1-6H3,(H,32,34)(H,33,37). The van der Waals surface area contributed by atoms with Gasteiger partial charge in [0.15, 0.2) is 0 Å². The van der Waals surface area contributed by atoms with E-state index in [-0.39, 0.29) is 36.3 Å². The Bertz CT molecular complexity index is 1310. The molecule has 0 saturated heterocycles. The van der Waals surface area contributed by atoms with Crippen molar-refractivity contribution in [3.05, 3.63) is 47.5 Å². The van der Waals surface area contributed by atoms with Crippen molar-refractivity contribution in [3.8, 4) is 5.75 Å². The molecule has 1 amide bonds. The van der Waals surface area contributed by atoms with Crippen molar-refractivity contribution in [3.63, 3.8) is 0 Å². The Hall–Kier alpha value is -3.03. The molecule has 234 valence electrons. The molecular weight excluding hydrogens is 570 g/mol. The summed E-state index contributed by atoms with van der Waals surface area (Å²) in [6, 6.07) is 4.48. The highest BCUT2D eigenvalue weighted by molar-refractivity contribution is 7.93. The van der Waals surface area contributed by atoms with Gasteiger partial charge in [0.05, 0.1) is 17.9 Å². The third kappa shape index (κ3) is 9.50. The zero-order chi connectivity index (χ0) is 31.2. The zero-order valence-corrected chi connectivity index (χ0v) is 25.7. The van der Waals surface area contributed by atoms with Crippen LogP contribution in [0.4, 0.5) is 20.4 Å². The maximum atomic E-state index is 13.7. The Kier molecular flexibility index (Phi) is 11.5.